The lowest BCUT2D eigenvalue weighted by Crippen LogP contribution is -2.29. The van der Waals surface area contributed by atoms with Crippen LogP contribution in [0.25, 0.3) is 0 Å². The number of benzene rings is 1. The summed E-state index contributed by atoms with van der Waals surface area (Å²) in [5, 5.41) is 0.764. The van der Waals surface area contributed by atoms with Gasteiger partial charge in [-0.15, -0.1) is 0 Å². The van der Waals surface area contributed by atoms with Crippen LogP contribution in [-0.2, 0) is 0 Å². The summed E-state index contributed by atoms with van der Waals surface area (Å²) in [6, 6.07) is 5.68. The molecule has 0 aliphatic carbocycles. The van der Waals surface area contributed by atoms with Crippen LogP contribution in [0.5, 0.6) is 0 Å². The van der Waals surface area contributed by atoms with Crippen molar-refractivity contribution in [3.63, 3.8) is 0 Å². The molecule has 1 aliphatic rings. The first kappa shape index (κ1) is 9.66. The number of anilines is 2. The van der Waals surface area contributed by atoms with Gasteiger partial charge in [0.25, 0.3) is 0 Å². The van der Waals surface area contributed by atoms with E-state index in [1.54, 1.807) is 0 Å². The highest BCUT2D eigenvalue weighted by atomic mass is 35.5. The van der Waals surface area contributed by atoms with E-state index in [4.69, 9.17) is 17.3 Å². The lowest BCUT2D eigenvalue weighted by atomic mass is 10.1. The SMILES string of the molecule is Nc1ccc(Cl)cc1N1CCCCC1. The van der Waals surface area contributed by atoms with Gasteiger partial charge in [-0.3, -0.25) is 0 Å². The van der Waals surface area contributed by atoms with Crippen LogP contribution in [0, 0.1) is 0 Å². The highest BCUT2D eigenvalue weighted by Crippen LogP contribution is 2.28. The predicted molar refractivity (Wildman–Crippen MR) is 61.9 cm³/mol. The Morgan fingerprint density at radius 3 is 2.57 bits per heavy atom. The summed E-state index contributed by atoms with van der Waals surface area (Å²) in [6.45, 7) is 2.20. The molecular formula is C11H15ClN2. The zero-order chi connectivity index (χ0) is 9.97. The molecule has 1 aromatic rings. The molecule has 1 heterocycles. The van der Waals surface area contributed by atoms with Gasteiger partial charge in [0.2, 0.25) is 0 Å². The maximum atomic E-state index is 5.95. The Morgan fingerprint density at radius 2 is 1.86 bits per heavy atom. The minimum atomic E-state index is 0.764. The van der Waals surface area contributed by atoms with E-state index in [0.717, 1.165) is 29.5 Å². The Labute approximate surface area is 89.7 Å². The van der Waals surface area contributed by atoms with Gasteiger partial charge in [-0.1, -0.05) is 11.6 Å². The number of hydrogen-bond acceptors (Lipinski definition) is 2. The van der Waals surface area contributed by atoms with Gasteiger partial charge < -0.3 is 10.6 Å². The lowest BCUT2D eigenvalue weighted by Gasteiger charge is -2.29. The number of halogens is 1. The van der Waals surface area contributed by atoms with Crippen LogP contribution in [0.4, 0.5) is 11.4 Å². The fourth-order valence-corrected chi connectivity index (χ4v) is 2.09. The van der Waals surface area contributed by atoms with Crippen LogP contribution in [0.3, 0.4) is 0 Å². The Hall–Kier alpha value is -0.890. The number of nitrogens with two attached hydrogens (primary N) is 1. The van der Waals surface area contributed by atoms with Crippen LogP contribution < -0.4 is 10.6 Å². The summed E-state index contributed by atoms with van der Waals surface area (Å²) < 4.78 is 0. The van der Waals surface area contributed by atoms with E-state index >= 15 is 0 Å². The molecule has 0 atom stereocenters. The van der Waals surface area contributed by atoms with Crippen molar-refractivity contribution in [3.8, 4) is 0 Å². The third kappa shape index (κ3) is 1.95. The molecule has 0 bridgehead atoms. The summed E-state index contributed by atoms with van der Waals surface area (Å²) in [5.74, 6) is 0. The van der Waals surface area contributed by atoms with Crippen molar-refractivity contribution in [2.24, 2.45) is 0 Å². The fourth-order valence-electron chi connectivity index (χ4n) is 1.93. The smallest absolute Gasteiger partial charge is 0.0614 e. The Bertz CT molecular complexity index is 319. The van der Waals surface area contributed by atoms with Gasteiger partial charge in [-0.25, -0.2) is 0 Å². The molecule has 76 valence electrons. The maximum absolute atomic E-state index is 5.95. The van der Waals surface area contributed by atoms with Gasteiger partial charge in [-0.2, -0.15) is 0 Å². The van der Waals surface area contributed by atoms with Gasteiger partial charge >= 0.3 is 0 Å². The average molecular weight is 211 g/mol. The average Bonchev–Trinajstić information content (AvgIpc) is 2.23. The van der Waals surface area contributed by atoms with Crippen LogP contribution in [0.15, 0.2) is 18.2 Å². The highest BCUT2D eigenvalue weighted by molar-refractivity contribution is 6.31. The molecule has 14 heavy (non-hydrogen) atoms. The Balaban J connectivity index is 2.24. The molecule has 0 aromatic heterocycles. The zero-order valence-corrected chi connectivity index (χ0v) is 8.93. The van der Waals surface area contributed by atoms with Gasteiger partial charge in [0.05, 0.1) is 11.4 Å². The number of nitrogen functional groups attached to an aromatic ring is 1. The number of nitrogens with zero attached hydrogens (tertiary/aromatic N) is 1. The van der Waals surface area contributed by atoms with E-state index in [1.165, 1.54) is 19.3 Å². The first-order valence-electron chi connectivity index (χ1n) is 5.07. The molecule has 1 aliphatic heterocycles. The molecule has 0 spiro atoms. The molecule has 2 nitrogen and oxygen atoms in total. The highest BCUT2D eigenvalue weighted by Gasteiger charge is 2.13. The van der Waals surface area contributed by atoms with Crippen molar-refractivity contribution in [1.82, 2.24) is 0 Å². The molecule has 0 unspecified atom stereocenters. The maximum Gasteiger partial charge on any atom is 0.0614 e. The molecule has 1 aromatic carbocycles. The van der Waals surface area contributed by atoms with E-state index in [9.17, 15) is 0 Å². The number of piperidine rings is 1. The molecule has 2 N–H and O–H groups in total. The topological polar surface area (TPSA) is 29.3 Å². The number of hydrogen-bond donors (Lipinski definition) is 1. The molecule has 0 radical (unpaired) electrons. The fraction of sp³-hybridized carbons (Fsp3) is 0.455. The van der Waals surface area contributed by atoms with Crippen molar-refractivity contribution in [2.45, 2.75) is 19.3 Å². The van der Waals surface area contributed by atoms with Crippen LogP contribution in [-0.4, -0.2) is 13.1 Å². The third-order valence-corrected chi connectivity index (χ3v) is 2.92. The van der Waals surface area contributed by atoms with Crippen molar-refractivity contribution in [2.75, 3.05) is 23.7 Å². The minimum absolute atomic E-state index is 0.764. The zero-order valence-electron chi connectivity index (χ0n) is 8.17. The van der Waals surface area contributed by atoms with E-state index in [0.29, 0.717) is 0 Å². The van der Waals surface area contributed by atoms with E-state index in [-0.39, 0.29) is 0 Å². The second-order valence-electron chi connectivity index (χ2n) is 3.75. The van der Waals surface area contributed by atoms with Crippen molar-refractivity contribution in [1.29, 1.82) is 0 Å². The molecule has 1 fully saturated rings. The molecule has 3 heteroatoms. The summed E-state index contributed by atoms with van der Waals surface area (Å²) in [5.41, 5.74) is 7.84. The monoisotopic (exact) mass is 210 g/mol. The van der Waals surface area contributed by atoms with E-state index < -0.39 is 0 Å². The summed E-state index contributed by atoms with van der Waals surface area (Å²) in [6.07, 6.45) is 3.84. The number of rotatable bonds is 1. The molecule has 0 saturated carbocycles. The van der Waals surface area contributed by atoms with Crippen molar-refractivity contribution < 1.29 is 0 Å². The van der Waals surface area contributed by atoms with Gasteiger partial charge in [-0.05, 0) is 37.5 Å². The van der Waals surface area contributed by atoms with Crippen molar-refractivity contribution in [3.05, 3.63) is 23.2 Å². The van der Waals surface area contributed by atoms with Gasteiger partial charge in [0.15, 0.2) is 0 Å². The van der Waals surface area contributed by atoms with Gasteiger partial charge in [0, 0.05) is 18.1 Å². The van der Waals surface area contributed by atoms with Crippen LogP contribution >= 0.6 is 11.6 Å². The standard InChI is InChI=1S/C11H15ClN2/c12-9-4-5-10(13)11(8-9)14-6-2-1-3-7-14/h4-5,8H,1-3,6-7,13H2. The second kappa shape index (κ2) is 4.09. The third-order valence-electron chi connectivity index (χ3n) is 2.69. The second-order valence-corrected chi connectivity index (χ2v) is 4.19. The Kier molecular flexibility index (Phi) is 2.82. The van der Waals surface area contributed by atoms with Crippen LogP contribution in [0.2, 0.25) is 5.02 Å². The first-order valence-corrected chi connectivity index (χ1v) is 5.45. The Morgan fingerprint density at radius 1 is 1.14 bits per heavy atom. The minimum Gasteiger partial charge on any atom is -0.397 e. The predicted octanol–water partition coefficient (Wildman–Crippen LogP) is 2.91. The quantitative estimate of drug-likeness (QED) is 0.723. The van der Waals surface area contributed by atoms with Crippen molar-refractivity contribution >= 4 is 23.0 Å². The van der Waals surface area contributed by atoms with E-state index in [2.05, 4.69) is 4.90 Å². The molecule has 2 rings (SSSR count). The molecule has 1 saturated heterocycles. The summed E-state index contributed by atoms with van der Waals surface area (Å²) in [4.78, 5) is 2.32. The molecule has 0 amide bonds. The normalized spacial score (nSPS) is 17.1. The van der Waals surface area contributed by atoms with Gasteiger partial charge in [0.1, 0.15) is 0 Å². The lowest BCUT2D eigenvalue weighted by molar-refractivity contribution is 0.578. The van der Waals surface area contributed by atoms with Crippen LogP contribution in [0.1, 0.15) is 19.3 Å². The molecular weight excluding hydrogens is 196 g/mol. The summed E-state index contributed by atoms with van der Waals surface area (Å²) >= 11 is 5.95. The largest absolute Gasteiger partial charge is 0.397 e. The summed E-state index contributed by atoms with van der Waals surface area (Å²) in [7, 11) is 0. The van der Waals surface area contributed by atoms with E-state index in [1.807, 2.05) is 18.2 Å². The first-order chi connectivity index (χ1) is 6.77.